The van der Waals surface area contributed by atoms with E-state index in [1.54, 1.807) is 26.3 Å². The van der Waals surface area contributed by atoms with E-state index in [4.69, 9.17) is 9.26 Å². The van der Waals surface area contributed by atoms with Gasteiger partial charge in [0, 0.05) is 18.9 Å². The van der Waals surface area contributed by atoms with Gasteiger partial charge in [0.1, 0.15) is 29.4 Å². The number of hydrogen-bond donors (Lipinski definition) is 1. The Hall–Kier alpha value is -3.06. The standard InChI is InChI=1S/C18H18N4O3/c1-11-4-6-13(7-5-11)17-16(12(2)25-22-17)18(23)21-14-8-9-19-15(20-14)10-24-3/h4-9H,10H2,1-3H3,(H,19,20,21,23). The van der Waals surface area contributed by atoms with Crippen LogP contribution < -0.4 is 5.32 Å². The third-order valence-electron chi connectivity index (χ3n) is 3.64. The summed E-state index contributed by atoms with van der Waals surface area (Å²) < 4.78 is 10.2. The first kappa shape index (κ1) is 16.8. The van der Waals surface area contributed by atoms with Crippen LogP contribution in [-0.4, -0.2) is 28.1 Å². The highest BCUT2D eigenvalue weighted by Gasteiger charge is 2.22. The summed E-state index contributed by atoms with van der Waals surface area (Å²) in [6.45, 7) is 3.97. The third kappa shape index (κ3) is 3.72. The van der Waals surface area contributed by atoms with Crippen molar-refractivity contribution in [1.82, 2.24) is 15.1 Å². The number of nitrogens with zero attached hydrogens (tertiary/aromatic N) is 3. The number of aromatic nitrogens is 3. The molecule has 0 bridgehead atoms. The fraction of sp³-hybridized carbons (Fsp3) is 0.222. The molecule has 1 N–H and O–H groups in total. The summed E-state index contributed by atoms with van der Waals surface area (Å²) in [5.41, 5.74) is 2.83. The van der Waals surface area contributed by atoms with Crippen LogP contribution in [0.1, 0.15) is 27.5 Å². The third-order valence-corrected chi connectivity index (χ3v) is 3.64. The Bertz CT molecular complexity index is 888. The molecule has 0 aliphatic heterocycles. The van der Waals surface area contributed by atoms with Crippen molar-refractivity contribution in [2.45, 2.75) is 20.5 Å². The second-order valence-corrected chi connectivity index (χ2v) is 5.57. The molecular formula is C18H18N4O3. The molecule has 0 saturated carbocycles. The van der Waals surface area contributed by atoms with Crippen molar-refractivity contribution < 1.29 is 14.1 Å². The van der Waals surface area contributed by atoms with E-state index in [0.717, 1.165) is 11.1 Å². The Kier molecular flexibility index (Phi) is 4.85. The van der Waals surface area contributed by atoms with Gasteiger partial charge in [0.05, 0.1) is 0 Å². The van der Waals surface area contributed by atoms with Crippen molar-refractivity contribution in [3.05, 3.63) is 59.2 Å². The molecule has 3 aromatic rings. The molecule has 1 amide bonds. The number of rotatable bonds is 5. The van der Waals surface area contributed by atoms with Gasteiger partial charge in [0.2, 0.25) is 0 Å². The number of carbonyl (C=O) groups excluding carboxylic acids is 1. The van der Waals surface area contributed by atoms with E-state index >= 15 is 0 Å². The van der Waals surface area contributed by atoms with Crippen LogP contribution in [0.15, 0.2) is 41.1 Å². The fourth-order valence-electron chi connectivity index (χ4n) is 2.39. The van der Waals surface area contributed by atoms with Gasteiger partial charge in [-0.1, -0.05) is 35.0 Å². The maximum absolute atomic E-state index is 12.7. The summed E-state index contributed by atoms with van der Waals surface area (Å²) in [6.07, 6.45) is 1.57. The first-order valence-electron chi connectivity index (χ1n) is 7.74. The molecule has 25 heavy (non-hydrogen) atoms. The van der Waals surface area contributed by atoms with Crippen LogP contribution in [0.5, 0.6) is 0 Å². The Morgan fingerprint density at radius 1 is 1.20 bits per heavy atom. The van der Waals surface area contributed by atoms with E-state index in [9.17, 15) is 4.79 Å². The zero-order valence-electron chi connectivity index (χ0n) is 14.2. The Labute approximate surface area is 145 Å². The molecule has 2 heterocycles. The van der Waals surface area contributed by atoms with Crippen LogP contribution in [-0.2, 0) is 11.3 Å². The Morgan fingerprint density at radius 2 is 1.96 bits per heavy atom. The van der Waals surface area contributed by atoms with Crippen molar-refractivity contribution in [3.63, 3.8) is 0 Å². The average Bonchev–Trinajstić information content (AvgIpc) is 2.98. The largest absolute Gasteiger partial charge is 0.377 e. The van der Waals surface area contributed by atoms with Crippen LogP contribution in [0.2, 0.25) is 0 Å². The molecule has 0 unspecified atom stereocenters. The predicted molar refractivity (Wildman–Crippen MR) is 92.1 cm³/mol. The molecule has 1 aromatic carbocycles. The van der Waals surface area contributed by atoms with Gasteiger partial charge in [0.15, 0.2) is 5.82 Å². The van der Waals surface area contributed by atoms with Gasteiger partial charge in [-0.05, 0) is 19.9 Å². The highest BCUT2D eigenvalue weighted by Crippen LogP contribution is 2.26. The maximum Gasteiger partial charge on any atom is 0.262 e. The average molecular weight is 338 g/mol. The van der Waals surface area contributed by atoms with Crippen LogP contribution in [0.4, 0.5) is 5.82 Å². The molecular weight excluding hydrogens is 320 g/mol. The van der Waals surface area contributed by atoms with Crippen molar-refractivity contribution in [2.24, 2.45) is 0 Å². The van der Waals surface area contributed by atoms with E-state index in [1.807, 2.05) is 31.2 Å². The van der Waals surface area contributed by atoms with Crippen molar-refractivity contribution >= 4 is 11.7 Å². The van der Waals surface area contributed by atoms with Crippen molar-refractivity contribution in [2.75, 3.05) is 12.4 Å². The van der Waals surface area contributed by atoms with Crippen LogP contribution >= 0.6 is 0 Å². The quantitative estimate of drug-likeness (QED) is 0.768. The molecule has 2 aromatic heterocycles. The van der Waals surface area contributed by atoms with Gasteiger partial charge in [-0.25, -0.2) is 9.97 Å². The van der Waals surface area contributed by atoms with Gasteiger partial charge in [-0.2, -0.15) is 0 Å². The molecule has 0 saturated heterocycles. The molecule has 0 fully saturated rings. The monoisotopic (exact) mass is 338 g/mol. The van der Waals surface area contributed by atoms with Gasteiger partial charge >= 0.3 is 0 Å². The fourth-order valence-corrected chi connectivity index (χ4v) is 2.39. The summed E-state index contributed by atoms with van der Waals surface area (Å²) in [6, 6.07) is 9.35. The van der Waals surface area contributed by atoms with Crippen LogP contribution in [0.25, 0.3) is 11.3 Å². The number of methoxy groups -OCH3 is 1. The molecule has 0 spiro atoms. The van der Waals surface area contributed by atoms with E-state index in [2.05, 4.69) is 20.4 Å². The minimum atomic E-state index is -0.337. The first-order chi connectivity index (χ1) is 12.1. The molecule has 0 aliphatic carbocycles. The second kappa shape index (κ2) is 7.23. The number of aryl methyl sites for hydroxylation is 2. The normalized spacial score (nSPS) is 10.7. The van der Waals surface area contributed by atoms with E-state index < -0.39 is 0 Å². The lowest BCUT2D eigenvalue weighted by molar-refractivity contribution is 0.102. The summed E-state index contributed by atoms with van der Waals surface area (Å²) >= 11 is 0. The number of amides is 1. The molecule has 0 aliphatic rings. The number of anilines is 1. The number of hydrogen-bond acceptors (Lipinski definition) is 6. The predicted octanol–water partition coefficient (Wildman–Crippen LogP) is 3.15. The first-order valence-corrected chi connectivity index (χ1v) is 7.74. The van der Waals surface area contributed by atoms with Crippen molar-refractivity contribution in [1.29, 1.82) is 0 Å². The Morgan fingerprint density at radius 3 is 2.68 bits per heavy atom. The topological polar surface area (TPSA) is 90.1 Å². The lowest BCUT2D eigenvalue weighted by Gasteiger charge is -2.06. The van der Waals surface area contributed by atoms with Gasteiger partial charge in [-0.15, -0.1) is 0 Å². The van der Waals surface area contributed by atoms with Crippen molar-refractivity contribution in [3.8, 4) is 11.3 Å². The van der Waals surface area contributed by atoms with E-state index in [-0.39, 0.29) is 12.5 Å². The lowest BCUT2D eigenvalue weighted by atomic mass is 10.0. The van der Waals surface area contributed by atoms with E-state index in [0.29, 0.717) is 28.7 Å². The summed E-state index contributed by atoms with van der Waals surface area (Å²) in [5.74, 6) is 0.985. The summed E-state index contributed by atoms with van der Waals surface area (Å²) in [5, 5.41) is 6.80. The highest BCUT2D eigenvalue weighted by atomic mass is 16.5. The zero-order valence-corrected chi connectivity index (χ0v) is 14.2. The molecule has 0 atom stereocenters. The number of benzene rings is 1. The number of ether oxygens (including phenoxy) is 1. The smallest absolute Gasteiger partial charge is 0.262 e. The number of carbonyl (C=O) groups is 1. The molecule has 7 heteroatoms. The van der Waals surface area contributed by atoms with Crippen LogP contribution in [0.3, 0.4) is 0 Å². The highest BCUT2D eigenvalue weighted by molar-refractivity contribution is 6.08. The molecule has 128 valence electrons. The molecule has 7 nitrogen and oxygen atoms in total. The molecule has 3 rings (SSSR count). The number of nitrogens with one attached hydrogen (secondary N) is 1. The Balaban J connectivity index is 1.89. The van der Waals surface area contributed by atoms with Gasteiger partial charge in [-0.3, -0.25) is 4.79 Å². The van der Waals surface area contributed by atoms with E-state index in [1.165, 1.54) is 0 Å². The lowest BCUT2D eigenvalue weighted by Crippen LogP contribution is -2.15. The maximum atomic E-state index is 12.7. The second-order valence-electron chi connectivity index (χ2n) is 5.57. The van der Waals surface area contributed by atoms with Gasteiger partial charge in [0.25, 0.3) is 5.91 Å². The summed E-state index contributed by atoms with van der Waals surface area (Å²) in [7, 11) is 1.56. The minimum Gasteiger partial charge on any atom is -0.377 e. The zero-order chi connectivity index (χ0) is 17.8. The van der Waals surface area contributed by atoms with Gasteiger partial charge < -0.3 is 14.6 Å². The minimum absolute atomic E-state index is 0.268. The molecule has 0 radical (unpaired) electrons. The van der Waals surface area contributed by atoms with Crippen LogP contribution in [0, 0.1) is 13.8 Å². The summed E-state index contributed by atoms with van der Waals surface area (Å²) in [4.78, 5) is 21.0. The SMILES string of the molecule is COCc1nccc(NC(=O)c2c(-c3ccc(C)cc3)noc2C)n1.